The summed E-state index contributed by atoms with van der Waals surface area (Å²) in [4.78, 5) is 8.18. The third-order valence-corrected chi connectivity index (χ3v) is 5.00. The minimum Gasteiger partial charge on any atom is -0.566 e. The van der Waals surface area contributed by atoms with Crippen LogP contribution in [0.15, 0.2) is 58.3 Å². The van der Waals surface area contributed by atoms with Gasteiger partial charge in [-0.1, -0.05) is 17.9 Å². The van der Waals surface area contributed by atoms with E-state index in [4.69, 9.17) is 0 Å². The van der Waals surface area contributed by atoms with Crippen molar-refractivity contribution < 1.29 is 9.37 Å². The molecule has 0 aliphatic carbocycles. The predicted molar refractivity (Wildman–Crippen MR) is 107 cm³/mol. The predicted octanol–water partition coefficient (Wildman–Crippen LogP) is 4.53. The lowest BCUT2D eigenvalue weighted by atomic mass is 10.1. The molecule has 3 heterocycles. The molecule has 0 amide bonds. The van der Waals surface area contributed by atoms with E-state index in [-0.39, 0.29) is 5.82 Å². The minimum atomic E-state index is -0.387. The van der Waals surface area contributed by atoms with Crippen molar-refractivity contribution in [1.82, 2.24) is 4.98 Å². The number of nitrogens with one attached hydrogen (secondary N) is 3. The second kappa shape index (κ2) is 7.96. The van der Waals surface area contributed by atoms with Crippen molar-refractivity contribution in [3.05, 3.63) is 81.3 Å². The number of aromatic nitrogens is 2. The Morgan fingerprint density at radius 3 is 3.11 bits per heavy atom. The maximum absolute atomic E-state index is 14.7. The van der Waals surface area contributed by atoms with Crippen LogP contribution in [-0.4, -0.2) is 4.98 Å². The second-order valence-corrected chi connectivity index (χ2v) is 7.46. The zero-order valence-corrected chi connectivity index (χ0v) is 16.3. The fraction of sp³-hybridized carbons (Fsp3) is 0.0526. The van der Waals surface area contributed by atoms with Gasteiger partial charge in [0, 0.05) is 11.8 Å². The van der Waals surface area contributed by atoms with Crippen LogP contribution >= 0.6 is 27.9 Å². The molecular weight excluding hydrogens is 429 g/mol. The molecule has 4 rings (SSSR count). The molecule has 1 aliphatic heterocycles. The summed E-state index contributed by atoms with van der Waals surface area (Å²) >= 11 is 4.71. The molecule has 134 valence electrons. The maximum Gasteiger partial charge on any atom is 0.182 e. The Hall–Kier alpha value is -2.60. The third kappa shape index (κ3) is 4.22. The molecule has 0 bridgehead atoms. The van der Waals surface area contributed by atoms with Gasteiger partial charge in [-0.3, -0.25) is 0 Å². The van der Waals surface area contributed by atoms with Gasteiger partial charge in [-0.05, 0) is 57.7 Å². The molecule has 0 saturated carbocycles. The van der Waals surface area contributed by atoms with Crippen molar-refractivity contribution >= 4 is 39.4 Å². The fourth-order valence-electron chi connectivity index (χ4n) is 2.44. The van der Waals surface area contributed by atoms with Crippen LogP contribution in [0, 0.1) is 17.7 Å². The Balaban J connectivity index is 1.52. The van der Waals surface area contributed by atoms with Gasteiger partial charge < -0.3 is 15.6 Å². The number of rotatable bonds is 3. The highest BCUT2D eigenvalue weighted by Gasteiger charge is 2.08. The Bertz CT molecular complexity index is 1060. The lowest BCUT2D eigenvalue weighted by molar-refractivity contribution is -0.381. The molecule has 3 aromatic rings. The van der Waals surface area contributed by atoms with Crippen molar-refractivity contribution in [2.24, 2.45) is 0 Å². The van der Waals surface area contributed by atoms with E-state index in [1.165, 1.54) is 11.9 Å². The van der Waals surface area contributed by atoms with Gasteiger partial charge in [0.1, 0.15) is 5.82 Å². The van der Waals surface area contributed by atoms with Crippen LogP contribution in [0.25, 0.3) is 5.43 Å². The molecule has 0 spiro atoms. The molecule has 8 heteroatoms. The zero-order chi connectivity index (χ0) is 18.6. The van der Waals surface area contributed by atoms with E-state index < -0.39 is 0 Å². The largest absolute Gasteiger partial charge is 0.566 e. The normalized spacial score (nSPS) is 11.9. The molecule has 0 atom stereocenters. The molecular formula is C19H13BrFN5S. The highest BCUT2D eigenvalue weighted by Crippen LogP contribution is 2.26. The smallest absolute Gasteiger partial charge is 0.182 e. The molecule has 3 N–H and O–H groups in total. The molecule has 27 heavy (non-hydrogen) atoms. The highest BCUT2D eigenvalue weighted by molar-refractivity contribution is 9.10. The molecule has 1 aromatic carbocycles. The van der Waals surface area contributed by atoms with Crippen LogP contribution in [0.5, 0.6) is 0 Å². The molecule has 2 aromatic heterocycles. The highest BCUT2D eigenvalue weighted by atomic mass is 79.9. The summed E-state index contributed by atoms with van der Waals surface area (Å²) in [6.45, 7) is 0.565. The van der Waals surface area contributed by atoms with Crippen LogP contribution in [0.2, 0.25) is 0 Å². The summed E-state index contributed by atoms with van der Waals surface area (Å²) in [5.41, 5.74) is 9.30. The van der Waals surface area contributed by atoms with Gasteiger partial charge in [0.15, 0.2) is 18.2 Å². The Morgan fingerprint density at radius 1 is 1.30 bits per heavy atom. The lowest BCUT2D eigenvalue weighted by Gasteiger charge is -2.07. The first-order valence-corrected chi connectivity index (χ1v) is 9.61. The molecule has 5 nitrogen and oxygen atoms in total. The number of benzene rings is 1. The SMILES string of the molecule is Fc1c(C#Cc2cnc3c(c2)C[N-]N3)cccc1NSc1c[nH+]cc(Br)c1. The number of halogens is 2. The van der Waals surface area contributed by atoms with E-state index >= 15 is 0 Å². The maximum atomic E-state index is 14.7. The summed E-state index contributed by atoms with van der Waals surface area (Å²) in [5.74, 6) is 6.22. The number of hydrogen-bond donors (Lipinski definition) is 2. The lowest BCUT2D eigenvalue weighted by Crippen LogP contribution is -2.01. The Morgan fingerprint density at radius 2 is 2.22 bits per heavy atom. The first-order valence-electron chi connectivity index (χ1n) is 8.00. The van der Waals surface area contributed by atoms with E-state index in [2.05, 4.69) is 53.3 Å². The average molecular weight is 442 g/mol. The van der Waals surface area contributed by atoms with Crippen molar-refractivity contribution in [2.45, 2.75) is 11.4 Å². The zero-order valence-electron chi connectivity index (χ0n) is 13.9. The van der Waals surface area contributed by atoms with Gasteiger partial charge in [0.25, 0.3) is 0 Å². The Labute approximate surface area is 168 Å². The summed E-state index contributed by atoms with van der Waals surface area (Å²) in [6.07, 6.45) is 5.30. The van der Waals surface area contributed by atoms with Crippen LogP contribution in [0.1, 0.15) is 16.7 Å². The van der Waals surface area contributed by atoms with Crippen molar-refractivity contribution in [3.8, 4) is 11.8 Å². The van der Waals surface area contributed by atoms with Crippen LogP contribution in [0.3, 0.4) is 0 Å². The summed E-state index contributed by atoms with van der Waals surface area (Å²) in [6, 6.07) is 8.95. The van der Waals surface area contributed by atoms with Gasteiger partial charge in [0.05, 0.1) is 20.6 Å². The number of pyridine rings is 2. The van der Waals surface area contributed by atoms with E-state index in [0.29, 0.717) is 17.8 Å². The van der Waals surface area contributed by atoms with Crippen molar-refractivity contribution in [3.63, 3.8) is 0 Å². The monoisotopic (exact) mass is 441 g/mol. The van der Waals surface area contributed by atoms with Gasteiger partial charge in [-0.15, -0.1) is 6.54 Å². The molecule has 0 saturated heterocycles. The van der Waals surface area contributed by atoms with E-state index in [9.17, 15) is 4.39 Å². The number of aromatic amines is 1. The van der Waals surface area contributed by atoms with Gasteiger partial charge in [0.2, 0.25) is 0 Å². The first-order chi connectivity index (χ1) is 13.2. The quantitative estimate of drug-likeness (QED) is 0.462. The van der Waals surface area contributed by atoms with Crippen molar-refractivity contribution in [2.75, 3.05) is 10.1 Å². The van der Waals surface area contributed by atoms with Crippen LogP contribution in [-0.2, 0) is 6.54 Å². The second-order valence-electron chi connectivity index (χ2n) is 5.67. The molecule has 0 radical (unpaired) electrons. The number of nitrogens with zero attached hydrogens (tertiary/aromatic N) is 2. The first kappa shape index (κ1) is 17.8. The molecule has 0 fully saturated rings. The van der Waals surface area contributed by atoms with Crippen LogP contribution in [0.4, 0.5) is 15.9 Å². The summed E-state index contributed by atoms with van der Waals surface area (Å²) < 4.78 is 18.7. The summed E-state index contributed by atoms with van der Waals surface area (Å²) in [5, 5.41) is 0. The average Bonchev–Trinajstić information content (AvgIpc) is 3.14. The summed E-state index contributed by atoms with van der Waals surface area (Å²) in [7, 11) is 0. The minimum absolute atomic E-state index is 0.324. The number of anilines is 2. The van der Waals surface area contributed by atoms with E-state index in [0.717, 1.165) is 26.3 Å². The topological polar surface area (TPSA) is 65.2 Å². The van der Waals surface area contributed by atoms with Crippen LogP contribution < -0.4 is 15.1 Å². The number of hydrogen-bond acceptors (Lipinski definition) is 4. The fourth-order valence-corrected chi connectivity index (χ4v) is 3.67. The number of H-pyrrole nitrogens is 1. The van der Waals surface area contributed by atoms with Gasteiger partial charge >= 0.3 is 0 Å². The van der Waals surface area contributed by atoms with E-state index in [1.807, 2.05) is 24.5 Å². The van der Waals surface area contributed by atoms with Gasteiger partial charge in [-0.25, -0.2) is 14.4 Å². The molecule has 1 aliphatic rings. The Kier molecular flexibility index (Phi) is 5.25. The number of fused-ring (bicyclic) bond motifs is 1. The standard InChI is InChI=1S/C19H12BrFN5S/c20-15-7-16(11-22-10-15)27-26-17-3-1-2-13(18(17)21)5-4-12-6-14-9-24-25-19(14)23-8-12/h1-3,6-8,10-11,26H,9H2,(H,23,25)/q-1/p+1. The van der Waals surface area contributed by atoms with Gasteiger partial charge in [-0.2, -0.15) is 0 Å². The third-order valence-electron chi connectivity index (χ3n) is 3.75. The van der Waals surface area contributed by atoms with Crippen molar-refractivity contribution in [1.29, 1.82) is 0 Å². The molecule has 0 unspecified atom stereocenters. The van der Waals surface area contributed by atoms with E-state index in [1.54, 1.807) is 24.4 Å².